The Bertz CT molecular complexity index is 316. The second kappa shape index (κ2) is 7.44. The number of likely N-dealkylation sites (tertiary alicyclic amines) is 1. The van der Waals surface area contributed by atoms with Gasteiger partial charge in [-0.1, -0.05) is 20.3 Å². The summed E-state index contributed by atoms with van der Waals surface area (Å²) in [6.45, 7) is 6.57. The molecular weight excluding hydrogens is 248 g/mol. The average molecular weight is 280 g/mol. The van der Waals surface area contributed by atoms with Gasteiger partial charge in [-0.25, -0.2) is 0 Å². The zero-order valence-electron chi connectivity index (χ0n) is 13.3. The van der Waals surface area contributed by atoms with Crippen LogP contribution in [0.1, 0.15) is 65.2 Å². The summed E-state index contributed by atoms with van der Waals surface area (Å²) < 4.78 is 0. The van der Waals surface area contributed by atoms with Gasteiger partial charge in [-0.2, -0.15) is 0 Å². The summed E-state index contributed by atoms with van der Waals surface area (Å²) >= 11 is 0. The van der Waals surface area contributed by atoms with E-state index in [2.05, 4.69) is 18.7 Å². The Kier molecular flexibility index (Phi) is 5.88. The van der Waals surface area contributed by atoms with Crippen molar-refractivity contribution in [3.05, 3.63) is 0 Å². The highest BCUT2D eigenvalue weighted by Gasteiger charge is 2.26. The molecule has 1 saturated carbocycles. The van der Waals surface area contributed by atoms with Gasteiger partial charge in [-0.15, -0.1) is 0 Å². The highest BCUT2D eigenvalue weighted by Crippen LogP contribution is 2.28. The summed E-state index contributed by atoms with van der Waals surface area (Å²) in [5, 5.41) is 0. The van der Waals surface area contributed by atoms with Crippen LogP contribution in [0.4, 0.5) is 0 Å². The van der Waals surface area contributed by atoms with E-state index >= 15 is 0 Å². The van der Waals surface area contributed by atoms with E-state index in [9.17, 15) is 4.79 Å². The molecule has 0 aromatic rings. The molecule has 0 spiro atoms. The monoisotopic (exact) mass is 280 g/mol. The Labute approximate surface area is 124 Å². The van der Waals surface area contributed by atoms with E-state index in [1.165, 1.54) is 32.1 Å². The van der Waals surface area contributed by atoms with Crippen LogP contribution in [-0.4, -0.2) is 29.9 Å². The van der Waals surface area contributed by atoms with Gasteiger partial charge in [0.1, 0.15) is 0 Å². The minimum atomic E-state index is 0.330. The Hall–Kier alpha value is -0.570. The van der Waals surface area contributed by atoms with Crippen LogP contribution in [-0.2, 0) is 4.79 Å². The summed E-state index contributed by atoms with van der Waals surface area (Å²) in [7, 11) is 0. The molecule has 3 heteroatoms. The lowest BCUT2D eigenvalue weighted by Crippen LogP contribution is -2.35. The maximum atomic E-state index is 12.5. The SMILES string of the molecule is CC(C)C1CCCN(C(=O)CC2CCCC(N)C2)CC1. The van der Waals surface area contributed by atoms with Crippen molar-refractivity contribution in [3.8, 4) is 0 Å². The van der Waals surface area contributed by atoms with Crippen molar-refractivity contribution in [2.75, 3.05) is 13.1 Å². The van der Waals surface area contributed by atoms with E-state index in [0.29, 0.717) is 17.9 Å². The molecule has 0 bridgehead atoms. The molecule has 1 saturated heterocycles. The minimum absolute atomic E-state index is 0.330. The van der Waals surface area contributed by atoms with Crippen LogP contribution < -0.4 is 5.73 Å². The van der Waals surface area contributed by atoms with Crippen LogP contribution in [0.5, 0.6) is 0 Å². The molecule has 0 aromatic carbocycles. The molecule has 116 valence electrons. The van der Waals surface area contributed by atoms with Gasteiger partial charge in [-0.05, 0) is 56.3 Å². The molecule has 1 aliphatic carbocycles. The molecule has 3 unspecified atom stereocenters. The van der Waals surface area contributed by atoms with Gasteiger partial charge in [-0.3, -0.25) is 4.79 Å². The van der Waals surface area contributed by atoms with Crippen LogP contribution in [0.3, 0.4) is 0 Å². The molecule has 20 heavy (non-hydrogen) atoms. The first-order valence-corrected chi connectivity index (χ1v) is 8.59. The summed E-state index contributed by atoms with van der Waals surface area (Å²) in [5.74, 6) is 2.47. The van der Waals surface area contributed by atoms with Crippen molar-refractivity contribution in [3.63, 3.8) is 0 Å². The van der Waals surface area contributed by atoms with Crippen molar-refractivity contribution in [1.82, 2.24) is 4.90 Å². The number of hydrogen-bond donors (Lipinski definition) is 1. The molecule has 2 aliphatic rings. The molecule has 2 rings (SSSR count). The summed E-state index contributed by atoms with van der Waals surface area (Å²) in [4.78, 5) is 14.6. The number of carbonyl (C=O) groups excluding carboxylic acids is 1. The van der Waals surface area contributed by atoms with Crippen molar-refractivity contribution in [2.45, 2.75) is 71.3 Å². The quantitative estimate of drug-likeness (QED) is 0.863. The molecule has 2 fully saturated rings. The van der Waals surface area contributed by atoms with Crippen LogP contribution in [0, 0.1) is 17.8 Å². The zero-order chi connectivity index (χ0) is 14.5. The summed E-state index contributed by atoms with van der Waals surface area (Å²) in [6, 6.07) is 0.330. The third-order valence-corrected chi connectivity index (χ3v) is 5.35. The van der Waals surface area contributed by atoms with Crippen molar-refractivity contribution in [1.29, 1.82) is 0 Å². The van der Waals surface area contributed by atoms with E-state index in [0.717, 1.165) is 44.2 Å². The van der Waals surface area contributed by atoms with Crippen molar-refractivity contribution < 1.29 is 4.79 Å². The van der Waals surface area contributed by atoms with E-state index in [-0.39, 0.29) is 0 Å². The zero-order valence-corrected chi connectivity index (χ0v) is 13.3. The topological polar surface area (TPSA) is 46.3 Å². The third-order valence-electron chi connectivity index (χ3n) is 5.35. The van der Waals surface area contributed by atoms with Crippen LogP contribution >= 0.6 is 0 Å². The molecule has 1 aliphatic heterocycles. The summed E-state index contributed by atoms with van der Waals surface area (Å²) in [5.41, 5.74) is 6.03. The summed E-state index contributed by atoms with van der Waals surface area (Å²) in [6.07, 6.45) is 8.98. The second-order valence-electron chi connectivity index (χ2n) is 7.31. The van der Waals surface area contributed by atoms with Crippen molar-refractivity contribution in [2.24, 2.45) is 23.5 Å². The van der Waals surface area contributed by atoms with Gasteiger partial charge in [0.15, 0.2) is 0 Å². The van der Waals surface area contributed by atoms with Gasteiger partial charge < -0.3 is 10.6 Å². The van der Waals surface area contributed by atoms with Gasteiger partial charge in [0.05, 0.1) is 0 Å². The lowest BCUT2D eigenvalue weighted by molar-refractivity contribution is -0.132. The third kappa shape index (κ3) is 4.47. The van der Waals surface area contributed by atoms with E-state index in [1.807, 2.05) is 0 Å². The number of carbonyl (C=O) groups is 1. The molecule has 1 amide bonds. The maximum Gasteiger partial charge on any atom is 0.222 e. The lowest BCUT2D eigenvalue weighted by Gasteiger charge is -2.29. The smallest absolute Gasteiger partial charge is 0.222 e. The van der Waals surface area contributed by atoms with Gasteiger partial charge in [0.2, 0.25) is 5.91 Å². The minimum Gasteiger partial charge on any atom is -0.343 e. The predicted molar refractivity (Wildman–Crippen MR) is 83.3 cm³/mol. The highest BCUT2D eigenvalue weighted by molar-refractivity contribution is 5.76. The predicted octanol–water partition coefficient (Wildman–Crippen LogP) is 3.18. The van der Waals surface area contributed by atoms with Gasteiger partial charge >= 0.3 is 0 Å². The fraction of sp³-hybridized carbons (Fsp3) is 0.941. The van der Waals surface area contributed by atoms with Crippen LogP contribution in [0.2, 0.25) is 0 Å². The number of hydrogen-bond acceptors (Lipinski definition) is 2. The first-order valence-electron chi connectivity index (χ1n) is 8.59. The fourth-order valence-electron chi connectivity index (χ4n) is 3.93. The number of nitrogens with zero attached hydrogens (tertiary/aromatic N) is 1. The molecule has 0 aromatic heterocycles. The van der Waals surface area contributed by atoms with Gasteiger partial charge in [0, 0.05) is 25.6 Å². The van der Waals surface area contributed by atoms with E-state index < -0.39 is 0 Å². The van der Waals surface area contributed by atoms with Crippen molar-refractivity contribution >= 4 is 5.91 Å². The lowest BCUT2D eigenvalue weighted by atomic mass is 9.84. The van der Waals surface area contributed by atoms with Gasteiger partial charge in [0.25, 0.3) is 0 Å². The Morgan fingerprint density at radius 1 is 1.15 bits per heavy atom. The van der Waals surface area contributed by atoms with Crippen LogP contribution in [0.15, 0.2) is 0 Å². The normalized spacial score (nSPS) is 32.2. The molecule has 1 heterocycles. The molecule has 3 atom stereocenters. The average Bonchev–Trinajstić information content (AvgIpc) is 2.64. The van der Waals surface area contributed by atoms with Crippen LogP contribution in [0.25, 0.3) is 0 Å². The number of rotatable bonds is 3. The van der Waals surface area contributed by atoms with E-state index in [1.54, 1.807) is 0 Å². The second-order valence-corrected chi connectivity index (χ2v) is 7.31. The Balaban J connectivity index is 1.80. The molecule has 2 N–H and O–H groups in total. The number of nitrogens with two attached hydrogens (primary N) is 1. The standard InChI is InChI=1S/C17H32N2O/c1-13(2)15-6-4-9-19(10-8-15)17(20)12-14-5-3-7-16(18)11-14/h13-16H,3-12,18H2,1-2H3. The Morgan fingerprint density at radius 3 is 2.65 bits per heavy atom. The molecule has 3 nitrogen and oxygen atoms in total. The molecular formula is C17H32N2O. The first kappa shape index (κ1) is 15.8. The largest absolute Gasteiger partial charge is 0.343 e. The molecule has 0 radical (unpaired) electrons. The maximum absolute atomic E-state index is 12.5. The Morgan fingerprint density at radius 2 is 1.95 bits per heavy atom. The number of amides is 1. The highest BCUT2D eigenvalue weighted by atomic mass is 16.2. The van der Waals surface area contributed by atoms with E-state index in [4.69, 9.17) is 5.73 Å². The first-order chi connectivity index (χ1) is 9.56. The fourth-order valence-corrected chi connectivity index (χ4v) is 3.93.